The molecular weight excluding hydrogens is 480 g/mol. The number of halogens is 2. The fraction of sp³-hybridized carbons (Fsp3) is 0.148. The van der Waals surface area contributed by atoms with E-state index in [2.05, 4.69) is 27.5 Å². The maximum absolute atomic E-state index is 14.5. The Bertz CT molecular complexity index is 1530. The molecule has 0 bridgehead atoms. The van der Waals surface area contributed by atoms with Crippen LogP contribution in [0.15, 0.2) is 73.1 Å². The summed E-state index contributed by atoms with van der Waals surface area (Å²) in [5.41, 5.74) is 3.24. The number of thiophene rings is 1. The molecule has 6 rings (SSSR count). The third-order valence-electron chi connectivity index (χ3n) is 5.98. The molecule has 1 N–H and O–H groups in total. The van der Waals surface area contributed by atoms with Crippen molar-refractivity contribution in [1.82, 2.24) is 19.7 Å². The van der Waals surface area contributed by atoms with E-state index in [0.29, 0.717) is 18.9 Å². The Morgan fingerprint density at radius 3 is 2.78 bits per heavy atom. The number of aromatic nitrogens is 4. The number of pyridine rings is 1. The predicted molar refractivity (Wildman–Crippen MR) is 136 cm³/mol. The highest BCUT2D eigenvalue weighted by Crippen LogP contribution is 2.43. The van der Waals surface area contributed by atoms with Crippen LogP contribution < -0.4 is 10.1 Å². The molecular formula is C27H21F2N5OS. The van der Waals surface area contributed by atoms with Crippen LogP contribution in [0, 0.1) is 11.6 Å². The average Bonchev–Trinajstić information content (AvgIpc) is 3.49. The fourth-order valence-corrected chi connectivity index (χ4v) is 5.42. The van der Waals surface area contributed by atoms with Crippen molar-refractivity contribution in [2.45, 2.75) is 12.8 Å². The topological polar surface area (TPSA) is 64.9 Å². The van der Waals surface area contributed by atoms with Crippen molar-refractivity contribution in [3.63, 3.8) is 0 Å². The summed E-state index contributed by atoms with van der Waals surface area (Å²) >= 11 is 1.51. The Kier molecular flexibility index (Phi) is 5.90. The van der Waals surface area contributed by atoms with Gasteiger partial charge in [0, 0.05) is 19.0 Å². The van der Waals surface area contributed by atoms with Crippen molar-refractivity contribution in [2.24, 2.45) is 0 Å². The van der Waals surface area contributed by atoms with Gasteiger partial charge in [0.25, 0.3) is 0 Å². The predicted octanol–water partition coefficient (Wildman–Crippen LogP) is 5.93. The normalized spacial score (nSPS) is 12.4. The Balaban J connectivity index is 1.31. The summed E-state index contributed by atoms with van der Waals surface area (Å²) in [6.45, 7) is 1.28. The standard InChI is InChI=1S/C27H21F2N5OS/c28-19-6-7-21(20(29)15-19)34-27(31-16-32-34)23-14-18-11-13-35-22-8-9-24(33-25(22)26(18)36-23)30-12-10-17-4-2-1-3-5-17/h1-9,14-16H,10-13H2,(H,30,33). The number of fused-ring (bicyclic) bond motifs is 3. The lowest BCUT2D eigenvalue weighted by atomic mass is 10.1. The van der Waals surface area contributed by atoms with Crippen LogP contribution in [0.5, 0.6) is 5.75 Å². The summed E-state index contributed by atoms with van der Waals surface area (Å²) in [6, 6.07) is 19.6. The number of nitrogens with one attached hydrogen (secondary N) is 1. The Hall–Kier alpha value is -4.11. The number of benzene rings is 2. The van der Waals surface area contributed by atoms with E-state index in [0.717, 1.165) is 51.6 Å². The maximum Gasteiger partial charge on any atom is 0.173 e. The molecule has 0 fully saturated rings. The lowest BCUT2D eigenvalue weighted by Gasteiger charge is -2.10. The first-order valence-electron chi connectivity index (χ1n) is 11.6. The van der Waals surface area contributed by atoms with E-state index >= 15 is 0 Å². The minimum atomic E-state index is -0.702. The van der Waals surface area contributed by atoms with Gasteiger partial charge in [0.05, 0.1) is 16.4 Å². The van der Waals surface area contributed by atoms with Crippen molar-refractivity contribution < 1.29 is 13.5 Å². The molecule has 9 heteroatoms. The van der Waals surface area contributed by atoms with E-state index in [4.69, 9.17) is 9.72 Å². The van der Waals surface area contributed by atoms with Gasteiger partial charge in [0.1, 0.15) is 35.1 Å². The molecule has 0 spiro atoms. The van der Waals surface area contributed by atoms with Gasteiger partial charge in [0.15, 0.2) is 11.6 Å². The third kappa shape index (κ3) is 4.33. The molecule has 3 aromatic heterocycles. The van der Waals surface area contributed by atoms with Crippen LogP contribution in [0.4, 0.5) is 14.6 Å². The SMILES string of the molecule is Fc1ccc(-n2ncnc2-c2cc3c(s2)-c2nc(NCCc4ccccc4)ccc2OCC3)c(F)c1. The molecule has 6 nitrogen and oxygen atoms in total. The molecule has 0 amide bonds. The second-order valence-corrected chi connectivity index (χ2v) is 9.41. The summed E-state index contributed by atoms with van der Waals surface area (Å²) in [5, 5.41) is 7.60. The fourth-order valence-electron chi connectivity index (χ4n) is 4.24. The number of anilines is 1. The highest BCUT2D eigenvalue weighted by Gasteiger charge is 2.23. The molecule has 36 heavy (non-hydrogen) atoms. The molecule has 1 aliphatic heterocycles. The number of hydrogen-bond acceptors (Lipinski definition) is 6. The van der Waals surface area contributed by atoms with E-state index < -0.39 is 11.6 Å². The Labute approximate surface area is 210 Å². The molecule has 180 valence electrons. The monoisotopic (exact) mass is 501 g/mol. The van der Waals surface area contributed by atoms with Crippen LogP contribution in [-0.2, 0) is 12.8 Å². The van der Waals surface area contributed by atoms with E-state index in [1.54, 1.807) is 0 Å². The van der Waals surface area contributed by atoms with Gasteiger partial charge in [0.2, 0.25) is 0 Å². The minimum absolute atomic E-state index is 0.138. The Morgan fingerprint density at radius 2 is 1.92 bits per heavy atom. The molecule has 0 saturated carbocycles. The van der Waals surface area contributed by atoms with Crippen LogP contribution in [0.25, 0.3) is 27.0 Å². The third-order valence-corrected chi connectivity index (χ3v) is 7.16. The quantitative estimate of drug-likeness (QED) is 0.313. The minimum Gasteiger partial charge on any atom is -0.491 e. The molecule has 0 atom stereocenters. The van der Waals surface area contributed by atoms with Gasteiger partial charge >= 0.3 is 0 Å². The summed E-state index contributed by atoms with van der Waals surface area (Å²) in [7, 11) is 0. The lowest BCUT2D eigenvalue weighted by molar-refractivity contribution is 0.325. The summed E-state index contributed by atoms with van der Waals surface area (Å²) in [4.78, 5) is 11.1. The number of hydrogen-bond donors (Lipinski definition) is 1. The van der Waals surface area contributed by atoms with E-state index in [-0.39, 0.29) is 5.69 Å². The highest BCUT2D eigenvalue weighted by atomic mass is 32.1. The van der Waals surface area contributed by atoms with Crippen molar-refractivity contribution in [3.05, 3.63) is 95.8 Å². The van der Waals surface area contributed by atoms with E-state index in [1.165, 1.54) is 40.0 Å². The van der Waals surface area contributed by atoms with Crippen molar-refractivity contribution in [1.29, 1.82) is 0 Å². The second-order valence-electron chi connectivity index (χ2n) is 8.36. The Morgan fingerprint density at radius 1 is 1.03 bits per heavy atom. The highest BCUT2D eigenvalue weighted by molar-refractivity contribution is 7.19. The first kappa shape index (κ1) is 22.4. The molecule has 1 aliphatic rings. The number of ether oxygens (including phenoxy) is 1. The molecule has 5 aromatic rings. The zero-order valence-corrected chi connectivity index (χ0v) is 19.9. The molecule has 0 unspecified atom stereocenters. The maximum atomic E-state index is 14.5. The van der Waals surface area contributed by atoms with Gasteiger partial charge in [-0.1, -0.05) is 30.3 Å². The van der Waals surface area contributed by atoms with E-state index in [9.17, 15) is 8.78 Å². The van der Waals surface area contributed by atoms with Crippen molar-refractivity contribution >= 4 is 17.2 Å². The number of nitrogens with zero attached hydrogens (tertiary/aromatic N) is 4. The molecule has 0 aliphatic carbocycles. The summed E-state index contributed by atoms with van der Waals surface area (Å²) in [6.07, 6.45) is 2.96. The number of rotatable bonds is 6. The summed E-state index contributed by atoms with van der Waals surface area (Å²) < 4.78 is 35.3. The second kappa shape index (κ2) is 9.50. The van der Waals surface area contributed by atoms with Crippen LogP contribution in [0.1, 0.15) is 11.1 Å². The van der Waals surface area contributed by atoms with Gasteiger partial charge in [-0.15, -0.1) is 11.3 Å². The zero-order chi connectivity index (χ0) is 24.5. The zero-order valence-electron chi connectivity index (χ0n) is 19.1. The van der Waals surface area contributed by atoms with Crippen LogP contribution in [-0.4, -0.2) is 32.9 Å². The van der Waals surface area contributed by atoms with Gasteiger partial charge in [-0.2, -0.15) is 5.10 Å². The molecule has 0 saturated heterocycles. The molecule has 0 radical (unpaired) electrons. The average molecular weight is 502 g/mol. The van der Waals surface area contributed by atoms with Gasteiger partial charge in [-0.25, -0.2) is 23.4 Å². The van der Waals surface area contributed by atoms with Crippen molar-refractivity contribution in [2.75, 3.05) is 18.5 Å². The lowest BCUT2D eigenvalue weighted by Crippen LogP contribution is -2.07. The van der Waals surface area contributed by atoms with Gasteiger partial charge in [-0.05, 0) is 47.9 Å². The molecule has 4 heterocycles. The van der Waals surface area contributed by atoms with Crippen LogP contribution in [0.3, 0.4) is 0 Å². The van der Waals surface area contributed by atoms with Gasteiger partial charge < -0.3 is 10.1 Å². The van der Waals surface area contributed by atoms with Gasteiger partial charge in [-0.3, -0.25) is 0 Å². The smallest absolute Gasteiger partial charge is 0.173 e. The first-order chi connectivity index (χ1) is 17.7. The van der Waals surface area contributed by atoms with Crippen molar-refractivity contribution in [3.8, 4) is 32.7 Å². The molecule has 2 aromatic carbocycles. The largest absolute Gasteiger partial charge is 0.491 e. The van der Waals surface area contributed by atoms with Crippen LogP contribution >= 0.6 is 11.3 Å². The first-order valence-corrected chi connectivity index (χ1v) is 12.4. The van der Waals surface area contributed by atoms with E-state index in [1.807, 2.05) is 36.4 Å². The summed E-state index contributed by atoms with van der Waals surface area (Å²) in [5.74, 6) is 0.635. The van der Waals surface area contributed by atoms with Crippen LogP contribution in [0.2, 0.25) is 0 Å².